The first kappa shape index (κ1) is 13.6. The Balaban J connectivity index is 1.76. The molecule has 0 aliphatic carbocycles. The Morgan fingerprint density at radius 1 is 1.19 bits per heavy atom. The number of pyridine rings is 1. The normalized spacial score (nSPS) is 11.7. The molecule has 3 aromatic rings. The van der Waals surface area contributed by atoms with Gasteiger partial charge in [0.15, 0.2) is 14.9 Å². The van der Waals surface area contributed by atoms with Crippen molar-refractivity contribution in [1.82, 2.24) is 9.97 Å². The number of rotatable bonds is 4. The zero-order chi connectivity index (χ0) is 14.9. The van der Waals surface area contributed by atoms with Crippen LogP contribution < -0.4 is 5.32 Å². The molecule has 0 aliphatic rings. The van der Waals surface area contributed by atoms with E-state index in [0.717, 1.165) is 23.0 Å². The van der Waals surface area contributed by atoms with Gasteiger partial charge in [-0.15, -0.1) is 0 Å². The zero-order valence-corrected chi connectivity index (χ0v) is 12.3. The van der Waals surface area contributed by atoms with Crippen molar-refractivity contribution in [3.63, 3.8) is 0 Å². The van der Waals surface area contributed by atoms with Crippen LogP contribution in [0.2, 0.25) is 0 Å². The first-order valence-electron chi connectivity index (χ1n) is 6.49. The molecule has 21 heavy (non-hydrogen) atoms. The van der Waals surface area contributed by atoms with Crippen molar-refractivity contribution in [3.8, 4) is 0 Å². The van der Waals surface area contributed by atoms with Crippen molar-refractivity contribution >= 4 is 26.4 Å². The molecule has 0 saturated heterocycles. The van der Waals surface area contributed by atoms with Crippen LogP contribution in [0.25, 0.3) is 10.9 Å². The lowest BCUT2D eigenvalue weighted by Crippen LogP contribution is -2.03. The second-order valence-corrected chi connectivity index (χ2v) is 6.83. The van der Waals surface area contributed by atoms with E-state index in [1.54, 1.807) is 6.07 Å². The Morgan fingerprint density at radius 2 is 2.00 bits per heavy atom. The first-order valence-corrected chi connectivity index (χ1v) is 8.38. The molecule has 0 radical (unpaired) electrons. The summed E-state index contributed by atoms with van der Waals surface area (Å²) in [5.74, 6) is 0. The summed E-state index contributed by atoms with van der Waals surface area (Å²) in [5, 5.41) is 4.50. The van der Waals surface area contributed by atoms with Gasteiger partial charge in [0, 0.05) is 29.9 Å². The lowest BCUT2D eigenvalue weighted by Gasteiger charge is -2.06. The number of aromatic amines is 1. The highest BCUT2D eigenvalue weighted by atomic mass is 32.2. The van der Waals surface area contributed by atoms with E-state index in [1.165, 1.54) is 17.6 Å². The Hall–Kier alpha value is -2.34. The Kier molecular flexibility index (Phi) is 3.39. The number of nitrogens with zero attached hydrogens (tertiary/aromatic N) is 1. The third-order valence-corrected chi connectivity index (χ3v) is 4.28. The average Bonchev–Trinajstić information content (AvgIpc) is 2.88. The van der Waals surface area contributed by atoms with Crippen molar-refractivity contribution < 1.29 is 8.42 Å². The minimum atomic E-state index is -3.25. The van der Waals surface area contributed by atoms with Gasteiger partial charge in [-0.1, -0.05) is 18.2 Å². The van der Waals surface area contributed by atoms with Gasteiger partial charge in [0.05, 0.1) is 11.9 Å². The number of H-pyrrole nitrogens is 1. The van der Waals surface area contributed by atoms with E-state index in [1.807, 2.05) is 24.4 Å². The van der Waals surface area contributed by atoms with Crippen LogP contribution in [0, 0.1) is 0 Å². The topological polar surface area (TPSA) is 74.8 Å². The monoisotopic (exact) mass is 301 g/mol. The number of anilines is 1. The molecular weight excluding hydrogens is 286 g/mol. The van der Waals surface area contributed by atoms with Crippen molar-refractivity contribution in [2.24, 2.45) is 0 Å². The van der Waals surface area contributed by atoms with Crippen LogP contribution in [0.3, 0.4) is 0 Å². The molecule has 0 unspecified atom stereocenters. The van der Waals surface area contributed by atoms with Gasteiger partial charge in [-0.2, -0.15) is 0 Å². The highest BCUT2D eigenvalue weighted by Crippen LogP contribution is 2.19. The van der Waals surface area contributed by atoms with Crippen LogP contribution in [0.15, 0.2) is 53.8 Å². The number of fused-ring (bicyclic) bond motifs is 1. The summed E-state index contributed by atoms with van der Waals surface area (Å²) in [4.78, 5) is 7.17. The summed E-state index contributed by atoms with van der Waals surface area (Å²) < 4.78 is 22.7. The lowest BCUT2D eigenvalue weighted by atomic mass is 10.2. The van der Waals surface area contributed by atoms with E-state index in [0.29, 0.717) is 6.54 Å². The van der Waals surface area contributed by atoms with Gasteiger partial charge in [-0.25, -0.2) is 13.4 Å². The van der Waals surface area contributed by atoms with E-state index >= 15 is 0 Å². The predicted molar refractivity (Wildman–Crippen MR) is 83.0 cm³/mol. The Morgan fingerprint density at radius 3 is 2.71 bits per heavy atom. The third-order valence-electron chi connectivity index (χ3n) is 3.27. The zero-order valence-electron chi connectivity index (χ0n) is 11.5. The fourth-order valence-corrected chi connectivity index (χ4v) is 2.74. The van der Waals surface area contributed by atoms with Crippen LogP contribution in [0.4, 0.5) is 5.69 Å². The first-order chi connectivity index (χ1) is 10.0. The Labute approximate surface area is 123 Å². The van der Waals surface area contributed by atoms with E-state index < -0.39 is 9.84 Å². The van der Waals surface area contributed by atoms with E-state index in [4.69, 9.17) is 0 Å². The molecule has 1 aromatic carbocycles. The van der Waals surface area contributed by atoms with Crippen molar-refractivity contribution in [1.29, 1.82) is 0 Å². The van der Waals surface area contributed by atoms with Gasteiger partial charge in [-0.05, 0) is 23.8 Å². The molecule has 3 rings (SSSR count). The molecule has 0 saturated carbocycles. The molecule has 2 N–H and O–H groups in total. The van der Waals surface area contributed by atoms with Crippen LogP contribution in [0.1, 0.15) is 5.56 Å². The summed E-state index contributed by atoms with van der Waals surface area (Å²) in [5.41, 5.74) is 3.03. The largest absolute Gasteiger partial charge is 0.380 e. The molecule has 0 bridgehead atoms. The van der Waals surface area contributed by atoms with Crippen molar-refractivity contribution in [2.75, 3.05) is 11.6 Å². The minimum Gasteiger partial charge on any atom is -0.380 e. The van der Waals surface area contributed by atoms with E-state index in [2.05, 4.69) is 21.4 Å². The molecule has 2 aromatic heterocycles. The number of nitrogens with one attached hydrogen (secondary N) is 2. The summed E-state index contributed by atoms with van der Waals surface area (Å²) >= 11 is 0. The number of hydrogen-bond acceptors (Lipinski definition) is 4. The predicted octanol–water partition coefficient (Wildman–Crippen LogP) is 2.58. The minimum absolute atomic E-state index is 0.0835. The number of sulfone groups is 1. The summed E-state index contributed by atoms with van der Waals surface area (Å²) in [6.07, 6.45) is 4.65. The van der Waals surface area contributed by atoms with E-state index in [-0.39, 0.29) is 5.03 Å². The molecule has 0 aliphatic heterocycles. The number of aromatic nitrogens is 2. The summed E-state index contributed by atoms with van der Waals surface area (Å²) in [6, 6.07) is 11.3. The highest BCUT2D eigenvalue weighted by molar-refractivity contribution is 7.90. The maximum absolute atomic E-state index is 11.3. The number of para-hydroxylation sites is 1. The van der Waals surface area contributed by atoms with Gasteiger partial charge >= 0.3 is 0 Å². The molecule has 2 heterocycles. The summed E-state index contributed by atoms with van der Waals surface area (Å²) in [6.45, 7) is 0.643. The van der Waals surface area contributed by atoms with Crippen LogP contribution in [-0.4, -0.2) is 24.6 Å². The smallest absolute Gasteiger partial charge is 0.192 e. The second kappa shape index (κ2) is 5.21. The molecule has 0 amide bonds. The van der Waals surface area contributed by atoms with Gasteiger partial charge in [0.25, 0.3) is 0 Å². The number of benzene rings is 1. The van der Waals surface area contributed by atoms with Gasteiger partial charge < -0.3 is 10.3 Å². The third kappa shape index (κ3) is 2.90. The molecule has 108 valence electrons. The molecular formula is C15H15N3O2S. The standard InChI is InChI=1S/C15H15N3O2S/c1-21(19,20)15-7-6-12(10-18-15)16-8-11-9-17-14-5-3-2-4-13(11)14/h2-7,9-10,16-17H,8H2,1H3. The van der Waals surface area contributed by atoms with Gasteiger partial charge in [0.1, 0.15) is 0 Å². The SMILES string of the molecule is CS(=O)(=O)c1ccc(NCc2c[nH]c3ccccc23)cn1. The molecule has 0 fully saturated rings. The van der Waals surface area contributed by atoms with Crippen LogP contribution in [0.5, 0.6) is 0 Å². The van der Waals surface area contributed by atoms with Crippen LogP contribution >= 0.6 is 0 Å². The average molecular weight is 301 g/mol. The van der Waals surface area contributed by atoms with Crippen molar-refractivity contribution in [3.05, 3.63) is 54.4 Å². The maximum atomic E-state index is 11.3. The molecule has 0 spiro atoms. The highest BCUT2D eigenvalue weighted by Gasteiger charge is 2.08. The van der Waals surface area contributed by atoms with Crippen LogP contribution in [-0.2, 0) is 16.4 Å². The lowest BCUT2D eigenvalue weighted by molar-refractivity contribution is 0.598. The van der Waals surface area contributed by atoms with Gasteiger partial charge in [0.2, 0.25) is 0 Å². The Bertz CT molecular complexity index is 867. The van der Waals surface area contributed by atoms with Gasteiger partial charge in [-0.3, -0.25) is 0 Å². The fraction of sp³-hybridized carbons (Fsp3) is 0.133. The second-order valence-electron chi connectivity index (χ2n) is 4.87. The quantitative estimate of drug-likeness (QED) is 0.776. The maximum Gasteiger partial charge on any atom is 0.192 e. The van der Waals surface area contributed by atoms with E-state index in [9.17, 15) is 8.42 Å². The molecule has 6 heteroatoms. The fourth-order valence-electron chi connectivity index (χ4n) is 2.18. The number of hydrogen-bond donors (Lipinski definition) is 2. The van der Waals surface area contributed by atoms with Crippen molar-refractivity contribution in [2.45, 2.75) is 11.6 Å². The molecule has 5 nitrogen and oxygen atoms in total. The molecule has 0 atom stereocenters. The summed E-state index contributed by atoms with van der Waals surface area (Å²) in [7, 11) is -3.25.